The molecule has 3 atom stereocenters. The molecule has 23 heavy (non-hydrogen) atoms. The molecular weight excluding hydrogens is 278 g/mol. The summed E-state index contributed by atoms with van der Waals surface area (Å²) in [4.78, 5) is 0. The van der Waals surface area contributed by atoms with Gasteiger partial charge in [-0.25, -0.2) is 0 Å². The van der Waals surface area contributed by atoms with Crippen molar-refractivity contribution in [1.29, 1.82) is 5.26 Å². The van der Waals surface area contributed by atoms with Crippen LogP contribution in [0.2, 0.25) is 0 Å². The summed E-state index contributed by atoms with van der Waals surface area (Å²) in [5.41, 5.74) is 3.63. The standard InChI is InChI=1S/C22H25N/c1-2-3-17-4-8-19(9-5-17)21-12-14-22(15-13-21)20-10-6-18(16-23)7-11-20/h6-7,10-15,17,19H,2-5,8-9H2,1H3/t17-,19-/i8D,9D2/t8?,17-,19-/m0/s1. The van der Waals surface area contributed by atoms with Gasteiger partial charge in [0.1, 0.15) is 0 Å². The topological polar surface area (TPSA) is 23.8 Å². The maximum atomic E-state index is 8.90. The van der Waals surface area contributed by atoms with Crippen molar-refractivity contribution in [2.45, 2.75) is 51.3 Å². The summed E-state index contributed by atoms with van der Waals surface area (Å²) >= 11 is 0. The van der Waals surface area contributed by atoms with Crippen molar-refractivity contribution in [3.05, 3.63) is 59.7 Å². The van der Waals surface area contributed by atoms with Gasteiger partial charge in [-0.2, -0.15) is 5.26 Å². The van der Waals surface area contributed by atoms with Crippen molar-refractivity contribution in [3.63, 3.8) is 0 Å². The number of rotatable bonds is 4. The van der Waals surface area contributed by atoms with Gasteiger partial charge in [-0.05, 0) is 66.3 Å². The Bertz CT molecular complexity index is 775. The van der Waals surface area contributed by atoms with Gasteiger partial charge in [0.05, 0.1) is 11.6 Å². The highest BCUT2D eigenvalue weighted by molar-refractivity contribution is 5.64. The summed E-state index contributed by atoms with van der Waals surface area (Å²) in [7, 11) is 0. The molecule has 0 aromatic heterocycles. The van der Waals surface area contributed by atoms with Crippen molar-refractivity contribution in [1.82, 2.24) is 0 Å². The van der Waals surface area contributed by atoms with Crippen LogP contribution in [-0.4, -0.2) is 0 Å². The minimum Gasteiger partial charge on any atom is -0.192 e. The van der Waals surface area contributed by atoms with Crippen LogP contribution in [0, 0.1) is 17.2 Å². The number of nitriles is 1. The van der Waals surface area contributed by atoms with Crippen LogP contribution < -0.4 is 0 Å². The second-order valence-electron chi connectivity index (χ2n) is 6.32. The van der Waals surface area contributed by atoms with E-state index in [0.717, 1.165) is 36.0 Å². The van der Waals surface area contributed by atoms with E-state index >= 15 is 0 Å². The van der Waals surface area contributed by atoms with E-state index in [4.69, 9.17) is 9.37 Å². The molecule has 1 aliphatic carbocycles. The third kappa shape index (κ3) is 3.82. The van der Waals surface area contributed by atoms with Gasteiger partial charge in [0.15, 0.2) is 0 Å². The summed E-state index contributed by atoms with van der Waals surface area (Å²) < 4.78 is 25.6. The molecule has 118 valence electrons. The molecule has 2 aromatic carbocycles. The monoisotopic (exact) mass is 306 g/mol. The molecule has 0 radical (unpaired) electrons. The lowest BCUT2D eigenvalue weighted by Crippen LogP contribution is -2.13. The van der Waals surface area contributed by atoms with Crippen LogP contribution in [0.1, 0.15) is 66.5 Å². The molecule has 1 unspecified atom stereocenters. The first-order valence-corrected chi connectivity index (χ1v) is 8.47. The predicted molar refractivity (Wildman–Crippen MR) is 96.2 cm³/mol. The number of hydrogen-bond donors (Lipinski definition) is 0. The van der Waals surface area contributed by atoms with E-state index in [9.17, 15) is 0 Å². The molecule has 0 bridgehead atoms. The van der Waals surface area contributed by atoms with Crippen LogP contribution in [-0.2, 0) is 0 Å². The van der Waals surface area contributed by atoms with Gasteiger partial charge in [0, 0.05) is 4.11 Å². The Hall–Kier alpha value is -2.07. The van der Waals surface area contributed by atoms with E-state index in [-0.39, 0.29) is 5.92 Å². The zero-order valence-electron chi connectivity index (χ0n) is 16.6. The minimum absolute atomic E-state index is 0.326. The molecule has 0 aliphatic heterocycles. The number of hydrogen-bond acceptors (Lipinski definition) is 1. The highest BCUT2D eigenvalue weighted by atomic mass is 14.3. The van der Waals surface area contributed by atoms with Crippen LogP contribution in [0.15, 0.2) is 48.5 Å². The first-order valence-electron chi connectivity index (χ1n) is 10.0. The second-order valence-corrected chi connectivity index (χ2v) is 6.32. The normalized spacial score (nSPS) is 28.2. The van der Waals surface area contributed by atoms with Gasteiger partial charge in [-0.1, -0.05) is 56.2 Å². The third-order valence-electron chi connectivity index (χ3n) is 4.65. The molecule has 1 heteroatoms. The lowest BCUT2D eigenvalue weighted by atomic mass is 9.77. The lowest BCUT2D eigenvalue weighted by Gasteiger charge is -2.28. The average Bonchev–Trinajstić information content (AvgIpc) is 2.61. The molecule has 3 rings (SSSR count). The molecule has 2 aromatic rings. The largest absolute Gasteiger partial charge is 0.192 e. The third-order valence-corrected chi connectivity index (χ3v) is 4.65. The zero-order valence-corrected chi connectivity index (χ0v) is 13.6. The van der Waals surface area contributed by atoms with E-state index in [0.29, 0.717) is 17.9 Å². The Kier molecular flexibility index (Phi) is 4.01. The Morgan fingerprint density at radius 3 is 2.26 bits per heavy atom. The molecule has 1 aliphatic rings. The second kappa shape index (κ2) is 7.47. The van der Waals surface area contributed by atoms with Crippen LogP contribution in [0.25, 0.3) is 11.1 Å². The molecule has 1 nitrogen and oxygen atoms in total. The van der Waals surface area contributed by atoms with Crippen molar-refractivity contribution >= 4 is 0 Å². The smallest absolute Gasteiger partial charge is 0.0991 e. The molecule has 0 saturated heterocycles. The number of benzene rings is 2. The fourth-order valence-electron chi connectivity index (χ4n) is 3.29. The van der Waals surface area contributed by atoms with Gasteiger partial charge in [-0.15, -0.1) is 0 Å². The van der Waals surface area contributed by atoms with E-state index in [1.165, 1.54) is 0 Å². The first-order chi connectivity index (χ1) is 12.4. The summed E-state index contributed by atoms with van der Waals surface area (Å²) in [6.07, 6.45) is 1.68. The van der Waals surface area contributed by atoms with E-state index in [1.807, 2.05) is 36.4 Å². The number of nitrogens with zero attached hydrogens (tertiary/aromatic N) is 1. The summed E-state index contributed by atoms with van der Waals surface area (Å²) in [6.45, 7) is 2.13. The molecular formula is C22H25N. The molecule has 0 heterocycles. The minimum atomic E-state index is -1.33. The van der Waals surface area contributed by atoms with E-state index in [2.05, 4.69) is 13.0 Å². The summed E-state index contributed by atoms with van der Waals surface area (Å²) in [6, 6.07) is 17.5. The average molecular weight is 306 g/mol. The Balaban J connectivity index is 1.82. The van der Waals surface area contributed by atoms with Gasteiger partial charge in [0.25, 0.3) is 0 Å². The van der Waals surface area contributed by atoms with Crippen LogP contribution in [0.4, 0.5) is 0 Å². The SMILES string of the molecule is [2H]C1C[C@H](CCC)CC([2H])([2H])[C@H]1c1ccc(-c2ccc(C#N)cc2)cc1. The van der Waals surface area contributed by atoms with E-state index in [1.54, 1.807) is 12.1 Å². The first kappa shape index (κ1) is 12.4. The Labute approximate surface area is 144 Å². The maximum Gasteiger partial charge on any atom is 0.0991 e. The zero-order chi connectivity index (χ0) is 18.7. The lowest BCUT2D eigenvalue weighted by molar-refractivity contribution is 0.308. The Morgan fingerprint density at radius 2 is 1.70 bits per heavy atom. The van der Waals surface area contributed by atoms with Crippen molar-refractivity contribution < 1.29 is 4.11 Å². The summed E-state index contributed by atoms with van der Waals surface area (Å²) in [5, 5.41) is 8.90. The maximum absolute atomic E-state index is 8.90. The van der Waals surface area contributed by atoms with Crippen LogP contribution >= 0.6 is 0 Å². The van der Waals surface area contributed by atoms with Gasteiger partial charge in [-0.3, -0.25) is 0 Å². The quantitative estimate of drug-likeness (QED) is 0.650. The van der Waals surface area contributed by atoms with Crippen LogP contribution in [0.5, 0.6) is 0 Å². The molecule has 1 saturated carbocycles. The molecule has 0 N–H and O–H groups in total. The molecule has 0 amide bonds. The molecule has 1 fully saturated rings. The van der Waals surface area contributed by atoms with Gasteiger partial charge >= 0.3 is 0 Å². The predicted octanol–water partition coefficient (Wildman–Crippen LogP) is 6.30. The van der Waals surface area contributed by atoms with Crippen molar-refractivity contribution in [3.8, 4) is 17.2 Å². The van der Waals surface area contributed by atoms with E-state index < -0.39 is 12.8 Å². The highest BCUT2D eigenvalue weighted by Crippen LogP contribution is 2.37. The summed E-state index contributed by atoms with van der Waals surface area (Å²) in [5.74, 6) is -0.0442. The van der Waals surface area contributed by atoms with Crippen molar-refractivity contribution in [2.24, 2.45) is 5.92 Å². The molecule has 0 spiro atoms. The van der Waals surface area contributed by atoms with Crippen LogP contribution in [0.3, 0.4) is 0 Å². The Morgan fingerprint density at radius 1 is 1.04 bits per heavy atom. The van der Waals surface area contributed by atoms with Crippen molar-refractivity contribution in [2.75, 3.05) is 0 Å². The fourth-order valence-corrected chi connectivity index (χ4v) is 3.29. The highest BCUT2D eigenvalue weighted by Gasteiger charge is 2.21. The van der Waals surface area contributed by atoms with Gasteiger partial charge < -0.3 is 0 Å². The van der Waals surface area contributed by atoms with Gasteiger partial charge in [0.2, 0.25) is 0 Å². The fraction of sp³-hybridized carbons (Fsp3) is 0.409.